The number of halogens is 1. The van der Waals surface area contributed by atoms with E-state index in [-0.39, 0.29) is 17.9 Å². The fraction of sp³-hybridized carbons (Fsp3) is 0.417. The van der Waals surface area contributed by atoms with Crippen molar-refractivity contribution in [2.75, 3.05) is 13.7 Å². The SMILES string of the molecule is C=CCOc1c(CN2[C@H]3CC[C@H]2CC(O)(c2ccc(F)cc2)C3)cccc1OC. The zero-order valence-electron chi connectivity index (χ0n) is 16.8. The Bertz CT molecular complexity index is 853. The third kappa shape index (κ3) is 3.89. The van der Waals surface area contributed by atoms with Crippen molar-refractivity contribution >= 4 is 0 Å². The van der Waals surface area contributed by atoms with Gasteiger partial charge in [-0.25, -0.2) is 4.39 Å². The van der Waals surface area contributed by atoms with E-state index in [1.165, 1.54) is 12.1 Å². The summed E-state index contributed by atoms with van der Waals surface area (Å²) in [5.41, 5.74) is 0.995. The first-order valence-corrected chi connectivity index (χ1v) is 10.2. The first kappa shape index (κ1) is 19.9. The van der Waals surface area contributed by atoms with E-state index < -0.39 is 5.60 Å². The molecule has 2 aromatic rings. The minimum absolute atomic E-state index is 0.275. The predicted octanol–water partition coefficient (Wildman–Crippen LogP) is 4.41. The molecule has 1 N–H and O–H groups in total. The first-order valence-electron chi connectivity index (χ1n) is 10.2. The molecule has 0 amide bonds. The highest BCUT2D eigenvalue weighted by atomic mass is 19.1. The zero-order valence-corrected chi connectivity index (χ0v) is 16.8. The Labute approximate surface area is 171 Å². The highest BCUT2D eigenvalue weighted by molar-refractivity contribution is 5.47. The lowest BCUT2D eigenvalue weighted by Gasteiger charge is -2.44. The Balaban J connectivity index is 1.55. The van der Waals surface area contributed by atoms with Crippen LogP contribution in [0, 0.1) is 5.82 Å². The molecule has 2 saturated heterocycles. The van der Waals surface area contributed by atoms with Gasteiger partial charge in [0.1, 0.15) is 12.4 Å². The van der Waals surface area contributed by atoms with Crippen LogP contribution in [0.1, 0.15) is 36.8 Å². The Morgan fingerprint density at radius 3 is 2.48 bits per heavy atom. The van der Waals surface area contributed by atoms with Crippen molar-refractivity contribution in [3.8, 4) is 11.5 Å². The van der Waals surface area contributed by atoms with Gasteiger partial charge in [-0.3, -0.25) is 4.90 Å². The molecular formula is C24H28FNO3. The molecule has 2 atom stereocenters. The van der Waals surface area contributed by atoms with E-state index >= 15 is 0 Å². The van der Waals surface area contributed by atoms with Gasteiger partial charge in [0, 0.05) is 24.2 Å². The minimum Gasteiger partial charge on any atom is -0.493 e. The van der Waals surface area contributed by atoms with Crippen LogP contribution in [0.5, 0.6) is 11.5 Å². The maximum atomic E-state index is 13.3. The largest absolute Gasteiger partial charge is 0.493 e. The molecule has 0 unspecified atom stereocenters. The van der Waals surface area contributed by atoms with E-state index in [0.29, 0.717) is 19.4 Å². The molecule has 0 saturated carbocycles. The van der Waals surface area contributed by atoms with Crippen LogP contribution < -0.4 is 9.47 Å². The average Bonchev–Trinajstić information content (AvgIpc) is 2.96. The standard InChI is InChI=1S/C24H28FNO3/c1-3-13-29-23-17(5-4-6-22(23)28-2)16-26-20-11-12-21(26)15-24(27,14-20)18-7-9-19(25)10-8-18/h3-10,20-21,27H,1,11-16H2,2H3/t20-,21-/m0/s1. The van der Waals surface area contributed by atoms with Gasteiger partial charge in [-0.05, 0) is 49.4 Å². The van der Waals surface area contributed by atoms with E-state index in [9.17, 15) is 9.50 Å². The second-order valence-electron chi connectivity index (χ2n) is 8.05. The topological polar surface area (TPSA) is 41.9 Å². The highest BCUT2D eigenvalue weighted by Gasteiger charge is 2.48. The van der Waals surface area contributed by atoms with E-state index in [1.54, 1.807) is 25.3 Å². The summed E-state index contributed by atoms with van der Waals surface area (Å²) in [6.45, 7) is 4.90. The monoisotopic (exact) mass is 397 g/mol. The normalized spacial score (nSPS) is 26.3. The minimum atomic E-state index is -0.896. The van der Waals surface area contributed by atoms with Crippen LogP contribution in [-0.2, 0) is 12.1 Å². The molecule has 0 aliphatic carbocycles. The van der Waals surface area contributed by atoms with Crippen molar-refractivity contribution in [1.82, 2.24) is 4.90 Å². The maximum absolute atomic E-state index is 13.3. The average molecular weight is 397 g/mol. The molecule has 2 aromatic carbocycles. The van der Waals surface area contributed by atoms with Crippen LogP contribution >= 0.6 is 0 Å². The lowest BCUT2D eigenvalue weighted by atomic mass is 9.80. The molecule has 2 aliphatic rings. The van der Waals surface area contributed by atoms with Crippen molar-refractivity contribution in [3.05, 3.63) is 72.1 Å². The van der Waals surface area contributed by atoms with Gasteiger partial charge in [-0.1, -0.05) is 36.9 Å². The predicted molar refractivity (Wildman–Crippen MR) is 111 cm³/mol. The molecule has 29 heavy (non-hydrogen) atoms. The van der Waals surface area contributed by atoms with E-state index in [0.717, 1.165) is 42.0 Å². The molecule has 0 aromatic heterocycles. The van der Waals surface area contributed by atoms with Crippen LogP contribution in [0.15, 0.2) is 55.1 Å². The lowest BCUT2D eigenvalue weighted by molar-refractivity contribution is -0.0596. The molecule has 154 valence electrons. The Morgan fingerprint density at radius 2 is 1.86 bits per heavy atom. The second-order valence-corrected chi connectivity index (χ2v) is 8.05. The van der Waals surface area contributed by atoms with Crippen LogP contribution in [0.25, 0.3) is 0 Å². The summed E-state index contributed by atoms with van der Waals surface area (Å²) in [5.74, 6) is 1.20. The van der Waals surface area contributed by atoms with E-state index in [4.69, 9.17) is 9.47 Å². The van der Waals surface area contributed by atoms with Crippen LogP contribution in [0.4, 0.5) is 4.39 Å². The molecular weight excluding hydrogens is 369 g/mol. The third-order valence-electron chi connectivity index (χ3n) is 6.28. The number of aliphatic hydroxyl groups is 1. The first-order chi connectivity index (χ1) is 14.0. The molecule has 2 heterocycles. The Hall–Kier alpha value is -2.37. The number of piperidine rings is 1. The number of methoxy groups -OCH3 is 1. The van der Waals surface area contributed by atoms with Crippen LogP contribution in [0.3, 0.4) is 0 Å². The van der Waals surface area contributed by atoms with E-state index in [1.807, 2.05) is 12.1 Å². The van der Waals surface area contributed by atoms with Gasteiger partial charge in [0.15, 0.2) is 11.5 Å². The van der Waals surface area contributed by atoms with Gasteiger partial charge >= 0.3 is 0 Å². The van der Waals surface area contributed by atoms with Crippen molar-refractivity contribution in [1.29, 1.82) is 0 Å². The van der Waals surface area contributed by atoms with Gasteiger partial charge < -0.3 is 14.6 Å². The number of hydrogen-bond acceptors (Lipinski definition) is 4. The molecule has 4 nitrogen and oxygen atoms in total. The summed E-state index contributed by atoms with van der Waals surface area (Å²) >= 11 is 0. The van der Waals surface area contributed by atoms with Crippen LogP contribution in [-0.4, -0.2) is 35.8 Å². The zero-order chi connectivity index (χ0) is 20.4. The number of ether oxygens (including phenoxy) is 2. The van der Waals surface area contributed by atoms with Crippen molar-refractivity contribution in [2.45, 2.75) is 49.9 Å². The van der Waals surface area contributed by atoms with Crippen molar-refractivity contribution in [3.63, 3.8) is 0 Å². The second kappa shape index (κ2) is 8.17. The number of benzene rings is 2. The number of fused-ring (bicyclic) bond motifs is 2. The number of rotatable bonds is 7. The Morgan fingerprint density at radius 1 is 1.17 bits per heavy atom. The fourth-order valence-electron chi connectivity index (χ4n) is 4.92. The lowest BCUT2D eigenvalue weighted by Crippen LogP contribution is -2.49. The molecule has 0 spiro atoms. The van der Waals surface area contributed by atoms with Gasteiger partial charge in [0.25, 0.3) is 0 Å². The summed E-state index contributed by atoms with van der Waals surface area (Å²) < 4.78 is 24.7. The smallest absolute Gasteiger partial charge is 0.166 e. The molecule has 2 fully saturated rings. The Kier molecular flexibility index (Phi) is 5.61. The molecule has 5 heteroatoms. The van der Waals surface area contributed by atoms with Gasteiger partial charge in [-0.2, -0.15) is 0 Å². The summed E-state index contributed by atoms with van der Waals surface area (Å²) in [7, 11) is 1.65. The van der Waals surface area contributed by atoms with E-state index in [2.05, 4.69) is 17.5 Å². The highest BCUT2D eigenvalue weighted by Crippen LogP contribution is 2.47. The summed E-state index contributed by atoms with van der Waals surface area (Å²) in [5, 5.41) is 11.3. The third-order valence-corrected chi connectivity index (χ3v) is 6.28. The number of hydrogen-bond donors (Lipinski definition) is 1. The molecule has 4 rings (SSSR count). The quantitative estimate of drug-likeness (QED) is 0.703. The fourth-order valence-corrected chi connectivity index (χ4v) is 4.92. The number of para-hydroxylation sites is 1. The van der Waals surface area contributed by atoms with Gasteiger partial charge in [0.05, 0.1) is 12.7 Å². The molecule has 0 radical (unpaired) electrons. The summed E-state index contributed by atoms with van der Waals surface area (Å²) in [4.78, 5) is 2.48. The van der Waals surface area contributed by atoms with Crippen LogP contribution in [0.2, 0.25) is 0 Å². The number of nitrogens with zero attached hydrogens (tertiary/aromatic N) is 1. The maximum Gasteiger partial charge on any atom is 0.166 e. The van der Waals surface area contributed by atoms with Crippen molar-refractivity contribution < 1.29 is 19.0 Å². The molecule has 2 bridgehead atoms. The molecule has 2 aliphatic heterocycles. The van der Waals surface area contributed by atoms with Gasteiger partial charge in [0.2, 0.25) is 0 Å². The van der Waals surface area contributed by atoms with Gasteiger partial charge in [-0.15, -0.1) is 0 Å². The summed E-state index contributed by atoms with van der Waals surface area (Å²) in [6, 6.07) is 12.8. The van der Waals surface area contributed by atoms with Crippen molar-refractivity contribution in [2.24, 2.45) is 0 Å². The summed E-state index contributed by atoms with van der Waals surface area (Å²) in [6.07, 6.45) is 5.15.